The Bertz CT molecular complexity index is 546. The van der Waals surface area contributed by atoms with Crippen molar-refractivity contribution in [3.8, 4) is 5.75 Å². The van der Waals surface area contributed by atoms with Crippen molar-refractivity contribution in [3.05, 3.63) is 53.9 Å². The molecule has 0 spiro atoms. The van der Waals surface area contributed by atoms with Crippen LogP contribution in [0.3, 0.4) is 0 Å². The van der Waals surface area contributed by atoms with Gasteiger partial charge in [0.05, 0.1) is 11.4 Å². The van der Waals surface area contributed by atoms with E-state index in [1.165, 1.54) is 24.3 Å². The number of hydrogen-bond donors (Lipinski definition) is 2. The molecule has 6 heteroatoms. The summed E-state index contributed by atoms with van der Waals surface area (Å²) >= 11 is 0. The fraction of sp³-hybridized carbons (Fsp3) is 0.333. The van der Waals surface area contributed by atoms with E-state index in [1.807, 2.05) is 6.92 Å². The number of aromatic nitrogens is 2. The van der Waals surface area contributed by atoms with Gasteiger partial charge in [-0.2, -0.15) is 0 Å². The smallest absolute Gasteiger partial charge is 0.123 e. The van der Waals surface area contributed by atoms with Crippen LogP contribution in [0.2, 0.25) is 0 Å². The maximum Gasteiger partial charge on any atom is 0.123 e. The molecule has 112 valence electrons. The van der Waals surface area contributed by atoms with Gasteiger partial charge in [-0.3, -0.25) is 9.97 Å². The number of rotatable bonds is 7. The number of hydrogen-bond acceptors (Lipinski definition) is 5. The van der Waals surface area contributed by atoms with Crippen LogP contribution in [0.25, 0.3) is 0 Å². The number of aliphatic hydroxyl groups excluding tert-OH is 1. The van der Waals surface area contributed by atoms with Crippen molar-refractivity contribution in [1.29, 1.82) is 0 Å². The van der Waals surface area contributed by atoms with Gasteiger partial charge in [-0.05, 0) is 31.2 Å². The zero-order valence-corrected chi connectivity index (χ0v) is 11.8. The first-order valence-electron chi connectivity index (χ1n) is 6.68. The molecule has 0 fully saturated rings. The van der Waals surface area contributed by atoms with Crippen LogP contribution in [0.1, 0.15) is 11.4 Å². The lowest BCUT2D eigenvalue weighted by molar-refractivity contribution is 0.106. The number of ether oxygens (including phenoxy) is 1. The van der Waals surface area contributed by atoms with Gasteiger partial charge in [-0.1, -0.05) is 0 Å². The third-order valence-electron chi connectivity index (χ3n) is 2.78. The SMILES string of the molecule is Cc1cnc(CNCC(O)COc2ccc(F)cc2)cn1. The number of aliphatic hydroxyl groups is 1. The van der Waals surface area contributed by atoms with Crippen LogP contribution in [0, 0.1) is 12.7 Å². The fourth-order valence-corrected chi connectivity index (χ4v) is 1.66. The van der Waals surface area contributed by atoms with Crippen molar-refractivity contribution >= 4 is 0 Å². The number of nitrogens with one attached hydrogen (secondary N) is 1. The lowest BCUT2D eigenvalue weighted by Gasteiger charge is -2.13. The quantitative estimate of drug-likeness (QED) is 0.808. The molecule has 2 N–H and O–H groups in total. The first-order chi connectivity index (χ1) is 10.1. The average Bonchev–Trinajstić information content (AvgIpc) is 2.49. The van der Waals surface area contributed by atoms with Crippen LogP contribution in [-0.4, -0.2) is 34.3 Å². The van der Waals surface area contributed by atoms with Crippen molar-refractivity contribution < 1.29 is 14.2 Å². The van der Waals surface area contributed by atoms with Crippen molar-refractivity contribution in [3.63, 3.8) is 0 Å². The zero-order valence-electron chi connectivity index (χ0n) is 11.8. The largest absolute Gasteiger partial charge is 0.491 e. The number of nitrogens with zero attached hydrogens (tertiary/aromatic N) is 2. The Morgan fingerprint density at radius 3 is 2.67 bits per heavy atom. The molecule has 0 aliphatic rings. The normalized spacial score (nSPS) is 12.1. The molecule has 0 saturated carbocycles. The van der Waals surface area contributed by atoms with Crippen LogP contribution >= 0.6 is 0 Å². The molecular weight excluding hydrogens is 273 g/mol. The van der Waals surface area contributed by atoms with Gasteiger partial charge in [-0.15, -0.1) is 0 Å². The third-order valence-corrected chi connectivity index (χ3v) is 2.78. The molecule has 2 aromatic rings. The van der Waals surface area contributed by atoms with Crippen molar-refractivity contribution in [2.45, 2.75) is 19.6 Å². The van der Waals surface area contributed by atoms with Gasteiger partial charge < -0.3 is 15.2 Å². The van der Waals surface area contributed by atoms with Crippen molar-refractivity contribution in [2.24, 2.45) is 0 Å². The Balaban J connectivity index is 1.66. The summed E-state index contributed by atoms with van der Waals surface area (Å²) in [7, 11) is 0. The molecule has 0 amide bonds. The molecule has 1 atom stereocenters. The molecule has 1 heterocycles. The van der Waals surface area contributed by atoms with Crippen LogP contribution < -0.4 is 10.1 Å². The van der Waals surface area contributed by atoms with Crippen LogP contribution in [0.15, 0.2) is 36.7 Å². The van der Waals surface area contributed by atoms with E-state index in [0.717, 1.165) is 11.4 Å². The van der Waals surface area contributed by atoms with E-state index in [0.29, 0.717) is 18.8 Å². The minimum absolute atomic E-state index is 0.137. The molecule has 0 aliphatic carbocycles. The topological polar surface area (TPSA) is 67.3 Å². The summed E-state index contributed by atoms with van der Waals surface area (Å²) in [6, 6.07) is 5.68. The van der Waals surface area contributed by atoms with Crippen molar-refractivity contribution in [1.82, 2.24) is 15.3 Å². The lowest BCUT2D eigenvalue weighted by atomic mass is 10.3. The highest BCUT2D eigenvalue weighted by Gasteiger charge is 2.05. The standard InChI is InChI=1S/C15H18FN3O2/c1-11-6-19-13(8-18-11)7-17-9-14(20)10-21-15-4-2-12(16)3-5-15/h2-6,8,14,17,20H,7,9-10H2,1H3. The highest BCUT2D eigenvalue weighted by molar-refractivity contribution is 5.22. The Morgan fingerprint density at radius 2 is 2.00 bits per heavy atom. The van der Waals surface area contributed by atoms with Gasteiger partial charge in [0.15, 0.2) is 0 Å². The van der Waals surface area contributed by atoms with Gasteiger partial charge in [0.1, 0.15) is 24.3 Å². The Kier molecular flexibility index (Phi) is 5.59. The summed E-state index contributed by atoms with van der Waals surface area (Å²) in [6.45, 7) is 2.91. The summed E-state index contributed by atoms with van der Waals surface area (Å²) in [4.78, 5) is 8.34. The lowest BCUT2D eigenvalue weighted by Crippen LogP contribution is -2.31. The van der Waals surface area contributed by atoms with Crippen LogP contribution in [0.4, 0.5) is 4.39 Å². The second-order valence-corrected chi connectivity index (χ2v) is 4.70. The third kappa shape index (κ3) is 5.45. The number of benzene rings is 1. The fourth-order valence-electron chi connectivity index (χ4n) is 1.66. The number of halogens is 1. The highest BCUT2D eigenvalue weighted by atomic mass is 19.1. The summed E-state index contributed by atoms with van der Waals surface area (Å²) in [6.07, 6.45) is 2.74. The maximum atomic E-state index is 12.7. The summed E-state index contributed by atoms with van der Waals surface area (Å²) in [5.41, 5.74) is 1.68. The molecule has 1 unspecified atom stereocenters. The Hall–Kier alpha value is -2.05. The molecular formula is C15H18FN3O2. The monoisotopic (exact) mass is 291 g/mol. The minimum Gasteiger partial charge on any atom is -0.491 e. The van der Waals surface area contributed by atoms with E-state index in [9.17, 15) is 9.50 Å². The zero-order chi connectivity index (χ0) is 15.1. The van der Waals surface area contributed by atoms with Gasteiger partial charge in [0.25, 0.3) is 0 Å². The van der Waals surface area contributed by atoms with Gasteiger partial charge in [0.2, 0.25) is 0 Å². The van der Waals surface area contributed by atoms with Gasteiger partial charge in [0, 0.05) is 25.5 Å². The van der Waals surface area contributed by atoms with Gasteiger partial charge in [-0.25, -0.2) is 4.39 Å². The number of aryl methyl sites for hydroxylation is 1. The van der Waals surface area contributed by atoms with Gasteiger partial charge >= 0.3 is 0 Å². The molecule has 0 radical (unpaired) electrons. The summed E-state index contributed by atoms with van der Waals surface area (Å²) in [5, 5.41) is 12.9. The molecule has 1 aromatic carbocycles. The minimum atomic E-state index is -0.659. The Morgan fingerprint density at radius 1 is 1.24 bits per heavy atom. The van der Waals surface area contributed by atoms with E-state index in [-0.39, 0.29) is 12.4 Å². The Labute approximate surface area is 122 Å². The summed E-state index contributed by atoms with van der Waals surface area (Å²) < 4.78 is 18.1. The molecule has 0 saturated heterocycles. The van der Waals surface area contributed by atoms with Crippen molar-refractivity contribution in [2.75, 3.05) is 13.2 Å². The molecule has 1 aromatic heterocycles. The summed E-state index contributed by atoms with van der Waals surface area (Å²) in [5.74, 6) is 0.212. The van der Waals surface area contributed by atoms with E-state index in [1.54, 1.807) is 12.4 Å². The van der Waals surface area contributed by atoms with E-state index in [4.69, 9.17) is 4.74 Å². The van der Waals surface area contributed by atoms with Crippen LogP contribution in [0.5, 0.6) is 5.75 Å². The van der Waals surface area contributed by atoms with Crippen LogP contribution in [-0.2, 0) is 6.54 Å². The first-order valence-corrected chi connectivity index (χ1v) is 6.68. The second kappa shape index (κ2) is 7.66. The molecule has 5 nitrogen and oxygen atoms in total. The van der Waals surface area contributed by atoms with E-state index < -0.39 is 6.10 Å². The first kappa shape index (κ1) is 15.3. The predicted octanol–water partition coefficient (Wildman–Crippen LogP) is 1.45. The van der Waals surface area contributed by atoms with E-state index >= 15 is 0 Å². The molecule has 0 aliphatic heterocycles. The molecule has 2 rings (SSSR count). The maximum absolute atomic E-state index is 12.7. The highest BCUT2D eigenvalue weighted by Crippen LogP contribution is 2.11. The van der Waals surface area contributed by atoms with E-state index in [2.05, 4.69) is 15.3 Å². The predicted molar refractivity (Wildman–Crippen MR) is 76.4 cm³/mol. The average molecular weight is 291 g/mol. The molecule has 21 heavy (non-hydrogen) atoms. The molecule has 0 bridgehead atoms. The second-order valence-electron chi connectivity index (χ2n) is 4.70.